The zero-order valence-corrected chi connectivity index (χ0v) is 9.21. The topological polar surface area (TPSA) is 34.1 Å². The molecule has 0 N–H and O–H groups in total. The molecule has 0 radical (unpaired) electrons. The minimum absolute atomic E-state index is 0.154. The molecule has 2 heteroatoms. The van der Waals surface area contributed by atoms with Crippen LogP contribution < -0.4 is 0 Å². The summed E-state index contributed by atoms with van der Waals surface area (Å²) in [6, 6.07) is 0. The third-order valence-corrected chi connectivity index (χ3v) is 3.30. The Bertz CT molecular complexity index is 214. The van der Waals surface area contributed by atoms with E-state index in [0.717, 1.165) is 6.42 Å². The molecule has 1 atom stereocenters. The summed E-state index contributed by atoms with van der Waals surface area (Å²) in [6.07, 6.45) is 6.23. The number of carbonyl (C=O) groups is 2. The lowest BCUT2D eigenvalue weighted by Crippen LogP contribution is -2.20. The summed E-state index contributed by atoms with van der Waals surface area (Å²) in [5.74, 6) is 1.20. The molecule has 2 nitrogen and oxygen atoms in total. The van der Waals surface area contributed by atoms with Gasteiger partial charge in [-0.3, -0.25) is 4.79 Å². The average Bonchev–Trinajstić information content (AvgIpc) is 2.56. The van der Waals surface area contributed by atoms with Gasteiger partial charge in [0.1, 0.15) is 11.6 Å². The van der Waals surface area contributed by atoms with Crippen LogP contribution in [0.2, 0.25) is 0 Å². The number of hydrogen-bond acceptors (Lipinski definition) is 2. The van der Waals surface area contributed by atoms with Gasteiger partial charge < -0.3 is 4.79 Å². The smallest absolute Gasteiger partial charge is 0.133 e. The first kappa shape index (κ1) is 11.4. The largest absolute Gasteiger partial charge is 0.300 e. The average molecular weight is 196 g/mol. The molecule has 1 aliphatic carbocycles. The predicted octanol–water partition coefficient (Wildman–Crippen LogP) is 2.75. The molecule has 0 saturated heterocycles. The summed E-state index contributed by atoms with van der Waals surface area (Å²) in [5, 5.41) is 0. The molecule has 0 amide bonds. The van der Waals surface area contributed by atoms with Gasteiger partial charge in [0.05, 0.1) is 0 Å². The molecular weight excluding hydrogens is 176 g/mol. The summed E-state index contributed by atoms with van der Waals surface area (Å²) >= 11 is 0. The Kier molecular flexibility index (Phi) is 4.30. The quantitative estimate of drug-likeness (QED) is 0.677. The Morgan fingerprint density at radius 3 is 2.21 bits per heavy atom. The lowest BCUT2D eigenvalue weighted by atomic mass is 9.84. The van der Waals surface area contributed by atoms with E-state index in [9.17, 15) is 9.59 Å². The van der Waals surface area contributed by atoms with Crippen LogP contribution in [0.25, 0.3) is 0 Å². The number of hydrogen-bond donors (Lipinski definition) is 0. The molecule has 80 valence electrons. The van der Waals surface area contributed by atoms with Gasteiger partial charge in [-0.1, -0.05) is 12.8 Å². The highest BCUT2D eigenvalue weighted by Gasteiger charge is 2.27. The Morgan fingerprint density at radius 2 is 1.79 bits per heavy atom. The van der Waals surface area contributed by atoms with E-state index in [4.69, 9.17) is 0 Å². The van der Waals surface area contributed by atoms with Crippen LogP contribution in [-0.2, 0) is 9.59 Å². The first-order chi connectivity index (χ1) is 6.61. The number of Topliss-reactive ketones (excluding diaryl/α,β-unsaturated/α-hetero) is 2. The fourth-order valence-electron chi connectivity index (χ4n) is 2.49. The first-order valence-corrected chi connectivity index (χ1v) is 5.61. The molecule has 14 heavy (non-hydrogen) atoms. The number of rotatable bonds is 5. The second kappa shape index (κ2) is 5.28. The van der Waals surface area contributed by atoms with Crippen LogP contribution >= 0.6 is 0 Å². The van der Waals surface area contributed by atoms with Crippen molar-refractivity contribution in [2.24, 2.45) is 11.8 Å². The van der Waals surface area contributed by atoms with E-state index in [1.165, 1.54) is 25.7 Å². The zero-order chi connectivity index (χ0) is 10.6. The standard InChI is InChI=1S/C12H20O2/c1-9(13)7-8-12(10(2)14)11-5-3-4-6-11/h11-12H,3-8H2,1-2H3/t12-/m1/s1. The lowest BCUT2D eigenvalue weighted by molar-refractivity contribution is -0.123. The fourth-order valence-corrected chi connectivity index (χ4v) is 2.49. The van der Waals surface area contributed by atoms with Gasteiger partial charge in [0, 0.05) is 12.3 Å². The molecule has 0 aromatic carbocycles. The maximum atomic E-state index is 11.4. The van der Waals surface area contributed by atoms with Crippen molar-refractivity contribution in [2.45, 2.75) is 52.4 Å². The molecule has 0 spiro atoms. The molecule has 0 unspecified atom stereocenters. The van der Waals surface area contributed by atoms with Gasteiger partial charge >= 0.3 is 0 Å². The Balaban J connectivity index is 2.45. The minimum Gasteiger partial charge on any atom is -0.300 e. The zero-order valence-electron chi connectivity index (χ0n) is 9.21. The molecule has 1 fully saturated rings. The molecule has 0 aromatic heterocycles. The van der Waals surface area contributed by atoms with Crippen molar-refractivity contribution in [3.63, 3.8) is 0 Å². The van der Waals surface area contributed by atoms with Crippen LogP contribution in [0.5, 0.6) is 0 Å². The van der Waals surface area contributed by atoms with E-state index >= 15 is 0 Å². The van der Waals surface area contributed by atoms with Crippen LogP contribution in [0, 0.1) is 11.8 Å². The van der Waals surface area contributed by atoms with Crippen LogP contribution in [0.15, 0.2) is 0 Å². The lowest BCUT2D eigenvalue weighted by Gasteiger charge is -2.19. The number of ketones is 2. The Labute approximate surface area is 86.1 Å². The highest BCUT2D eigenvalue weighted by atomic mass is 16.1. The highest BCUT2D eigenvalue weighted by Crippen LogP contribution is 2.34. The molecule has 1 rings (SSSR count). The highest BCUT2D eigenvalue weighted by molar-refractivity contribution is 5.80. The van der Waals surface area contributed by atoms with E-state index in [0.29, 0.717) is 12.3 Å². The van der Waals surface area contributed by atoms with Crippen molar-refractivity contribution in [3.05, 3.63) is 0 Å². The molecular formula is C12H20O2. The van der Waals surface area contributed by atoms with Crippen LogP contribution in [0.1, 0.15) is 52.4 Å². The van der Waals surface area contributed by atoms with Crippen molar-refractivity contribution < 1.29 is 9.59 Å². The summed E-state index contributed by atoms with van der Waals surface area (Å²) in [5.41, 5.74) is 0. The number of carbonyl (C=O) groups excluding carboxylic acids is 2. The third-order valence-electron chi connectivity index (χ3n) is 3.30. The monoisotopic (exact) mass is 196 g/mol. The van der Waals surface area contributed by atoms with Gasteiger partial charge in [-0.2, -0.15) is 0 Å². The molecule has 0 aliphatic heterocycles. The third kappa shape index (κ3) is 3.24. The first-order valence-electron chi connectivity index (χ1n) is 5.61. The van der Waals surface area contributed by atoms with Gasteiger partial charge in [-0.25, -0.2) is 0 Å². The maximum Gasteiger partial charge on any atom is 0.133 e. The SMILES string of the molecule is CC(=O)CC[C@H](C(C)=O)C1CCCC1. The summed E-state index contributed by atoms with van der Waals surface area (Å²) in [7, 11) is 0. The molecule has 0 heterocycles. The second-order valence-corrected chi connectivity index (χ2v) is 4.50. The van der Waals surface area contributed by atoms with Crippen molar-refractivity contribution in [1.29, 1.82) is 0 Å². The fraction of sp³-hybridized carbons (Fsp3) is 0.833. The van der Waals surface area contributed by atoms with Gasteiger partial charge in [0.15, 0.2) is 0 Å². The molecule has 0 bridgehead atoms. The van der Waals surface area contributed by atoms with Crippen molar-refractivity contribution in [1.82, 2.24) is 0 Å². The van der Waals surface area contributed by atoms with E-state index in [-0.39, 0.29) is 17.5 Å². The van der Waals surface area contributed by atoms with E-state index < -0.39 is 0 Å². The minimum atomic E-state index is 0.154. The van der Waals surface area contributed by atoms with Crippen molar-refractivity contribution >= 4 is 11.6 Å². The predicted molar refractivity (Wildman–Crippen MR) is 56.0 cm³/mol. The van der Waals surface area contributed by atoms with E-state index in [1.807, 2.05) is 0 Å². The van der Waals surface area contributed by atoms with E-state index in [1.54, 1.807) is 13.8 Å². The normalized spacial score (nSPS) is 19.6. The molecule has 0 aromatic rings. The molecule has 1 aliphatic rings. The Hall–Kier alpha value is -0.660. The van der Waals surface area contributed by atoms with Crippen LogP contribution in [-0.4, -0.2) is 11.6 Å². The molecule has 1 saturated carbocycles. The van der Waals surface area contributed by atoms with Crippen molar-refractivity contribution in [3.8, 4) is 0 Å². The van der Waals surface area contributed by atoms with Crippen LogP contribution in [0.4, 0.5) is 0 Å². The van der Waals surface area contributed by atoms with Gasteiger partial charge in [-0.05, 0) is 39.0 Å². The van der Waals surface area contributed by atoms with E-state index in [2.05, 4.69) is 0 Å². The summed E-state index contributed by atoms with van der Waals surface area (Å²) < 4.78 is 0. The summed E-state index contributed by atoms with van der Waals surface area (Å²) in [6.45, 7) is 3.27. The maximum absolute atomic E-state index is 11.4. The van der Waals surface area contributed by atoms with Gasteiger partial charge in [-0.15, -0.1) is 0 Å². The second-order valence-electron chi connectivity index (χ2n) is 4.50. The van der Waals surface area contributed by atoms with Gasteiger partial charge in [0.25, 0.3) is 0 Å². The van der Waals surface area contributed by atoms with Crippen LogP contribution in [0.3, 0.4) is 0 Å². The van der Waals surface area contributed by atoms with Crippen molar-refractivity contribution in [2.75, 3.05) is 0 Å². The summed E-state index contributed by atoms with van der Waals surface area (Å²) in [4.78, 5) is 22.3. The Morgan fingerprint density at radius 1 is 1.21 bits per heavy atom. The van der Waals surface area contributed by atoms with Gasteiger partial charge in [0.2, 0.25) is 0 Å².